The second-order valence-corrected chi connectivity index (χ2v) is 7.70. The SMILES string of the molecule is CC(C)NC(=O)C1CN(C2CCN(C(C)(C)C)CC2)C1. The van der Waals surface area contributed by atoms with Crippen LogP contribution in [0.2, 0.25) is 0 Å². The van der Waals surface area contributed by atoms with E-state index in [1.54, 1.807) is 0 Å². The Kier molecular flexibility index (Phi) is 4.75. The van der Waals surface area contributed by atoms with Gasteiger partial charge >= 0.3 is 0 Å². The van der Waals surface area contributed by atoms with E-state index in [2.05, 4.69) is 35.9 Å². The molecule has 0 unspecified atom stereocenters. The molecule has 0 radical (unpaired) electrons. The number of carbonyl (C=O) groups excluding carboxylic acids is 1. The lowest BCUT2D eigenvalue weighted by molar-refractivity contribution is -0.132. The van der Waals surface area contributed by atoms with Gasteiger partial charge < -0.3 is 5.32 Å². The summed E-state index contributed by atoms with van der Waals surface area (Å²) in [5.74, 6) is 0.460. The van der Waals surface area contributed by atoms with Gasteiger partial charge in [0.25, 0.3) is 0 Å². The van der Waals surface area contributed by atoms with Crippen molar-refractivity contribution in [1.29, 1.82) is 0 Å². The van der Waals surface area contributed by atoms with Crippen molar-refractivity contribution in [2.24, 2.45) is 5.92 Å². The summed E-state index contributed by atoms with van der Waals surface area (Å²) in [4.78, 5) is 17.0. The van der Waals surface area contributed by atoms with Gasteiger partial charge in [-0.25, -0.2) is 0 Å². The fourth-order valence-electron chi connectivity index (χ4n) is 3.28. The third-order valence-corrected chi connectivity index (χ3v) is 4.64. The lowest BCUT2D eigenvalue weighted by atomic mass is 9.91. The lowest BCUT2D eigenvalue weighted by Crippen LogP contribution is -2.60. The van der Waals surface area contributed by atoms with Gasteiger partial charge in [-0.05, 0) is 47.5 Å². The van der Waals surface area contributed by atoms with Crippen molar-refractivity contribution < 1.29 is 4.79 Å². The second-order valence-electron chi connectivity index (χ2n) is 7.70. The molecule has 4 heteroatoms. The molecule has 1 N–H and O–H groups in total. The van der Waals surface area contributed by atoms with E-state index in [1.807, 2.05) is 13.8 Å². The number of carbonyl (C=O) groups is 1. The fourth-order valence-corrected chi connectivity index (χ4v) is 3.28. The molecule has 0 atom stereocenters. The minimum absolute atomic E-state index is 0.220. The van der Waals surface area contributed by atoms with Crippen molar-refractivity contribution in [1.82, 2.24) is 15.1 Å². The first kappa shape index (κ1) is 15.8. The predicted molar refractivity (Wildman–Crippen MR) is 82.7 cm³/mol. The van der Waals surface area contributed by atoms with Crippen LogP contribution in [-0.4, -0.2) is 59.5 Å². The molecule has 0 aromatic carbocycles. The number of hydrogen-bond acceptors (Lipinski definition) is 3. The van der Waals surface area contributed by atoms with Gasteiger partial charge in [0.15, 0.2) is 0 Å². The normalized spacial score (nSPS) is 23.9. The third-order valence-electron chi connectivity index (χ3n) is 4.64. The molecule has 4 nitrogen and oxygen atoms in total. The van der Waals surface area contributed by atoms with Crippen molar-refractivity contribution in [3.05, 3.63) is 0 Å². The minimum Gasteiger partial charge on any atom is -0.354 e. The largest absolute Gasteiger partial charge is 0.354 e. The molecule has 2 fully saturated rings. The third kappa shape index (κ3) is 3.73. The highest BCUT2D eigenvalue weighted by Crippen LogP contribution is 2.27. The summed E-state index contributed by atoms with van der Waals surface area (Å²) in [6.07, 6.45) is 2.49. The van der Waals surface area contributed by atoms with Crippen LogP contribution >= 0.6 is 0 Å². The van der Waals surface area contributed by atoms with Gasteiger partial charge in [-0.3, -0.25) is 14.6 Å². The molecule has 2 heterocycles. The molecule has 2 saturated heterocycles. The quantitative estimate of drug-likeness (QED) is 0.855. The van der Waals surface area contributed by atoms with E-state index in [-0.39, 0.29) is 17.9 Å². The maximum absolute atomic E-state index is 11.9. The number of likely N-dealkylation sites (tertiary alicyclic amines) is 2. The van der Waals surface area contributed by atoms with Crippen LogP contribution in [0.1, 0.15) is 47.5 Å². The van der Waals surface area contributed by atoms with E-state index >= 15 is 0 Å². The van der Waals surface area contributed by atoms with Crippen LogP contribution in [0.4, 0.5) is 0 Å². The zero-order valence-corrected chi connectivity index (χ0v) is 13.8. The molecule has 0 aromatic heterocycles. The van der Waals surface area contributed by atoms with E-state index in [0.29, 0.717) is 11.6 Å². The number of hydrogen-bond donors (Lipinski definition) is 1. The summed E-state index contributed by atoms with van der Waals surface area (Å²) in [6, 6.07) is 0.947. The van der Waals surface area contributed by atoms with Crippen LogP contribution < -0.4 is 5.32 Å². The zero-order valence-electron chi connectivity index (χ0n) is 13.8. The van der Waals surface area contributed by atoms with Gasteiger partial charge in [0.1, 0.15) is 0 Å². The van der Waals surface area contributed by atoms with Gasteiger partial charge in [0.05, 0.1) is 5.92 Å². The smallest absolute Gasteiger partial charge is 0.225 e. The average molecular weight is 281 g/mol. The summed E-state index contributed by atoms with van der Waals surface area (Å²) >= 11 is 0. The molecule has 0 aromatic rings. The zero-order chi connectivity index (χ0) is 14.9. The Hall–Kier alpha value is -0.610. The summed E-state index contributed by atoms with van der Waals surface area (Å²) in [5.41, 5.74) is 0.291. The number of nitrogens with one attached hydrogen (secondary N) is 1. The fraction of sp³-hybridized carbons (Fsp3) is 0.938. The van der Waals surface area contributed by atoms with Crippen LogP contribution in [0.25, 0.3) is 0 Å². The Balaban J connectivity index is 1.71. The summed E-state index contributed by atoms with van der Waals surface area (Å²) < 4.78 is 0. The first-order chi connectivity index (χ1) is 9.27. The van der Waals surface area contributed by atoms with Crippen molar-refractivity contribution in [2.75, 3.05) is 26.2 Å². The average Bonchev–Trinajstić information content (AvgIpc) is 2.25. The summed E-state index contributed by atoms with van der Waals surface area (Å²) in [6.45, 7) is 15.2. The molecular weight excluding hydrogens is 250 g/mol. The molecule has 20 heavy (non-hydrogen) atoms. The highest BCUT2D eigenvalue weighted by molar-refractivity contribution is 5.80. The highest BCUT2D eigenvalue weighted by atomic mass is 16.2. The molecule has 2 aliphatic rings. The van der Waals surface area contributed by atoms with Crippen molar-refractivity contribution in [3.8, 4) is 0 Å². The molecule has 0 spiro atoms. The Morgan fingerprint density at radius 2 is 1.70 bits per heavy atom. The lowest BCUT2D eigenvalue weighted by Gasteiger charge is -2.48. The second kappa shape index (κ2) is 6.02. The number of amides is 1. The van der Waals surface area contributed by atoms with E-state index in [4.69, 9.17) is 0 Å². The van der Waals surface area contributed by atoms with Crippen molar-refractivity contribution in [3.63, 3.8) is 0 Å². The molecule has 0 saturated carbocycles. The summed E-state index contributed by atoms with van der Waals surface area (Å²) in [5, 5.41) is 3.02. The van der Waals surface area contributed by atoms with Gasteiger partial charge in [0, 0.05) is 43.8 Å². The standard InChI is InChI=1S/C16H31N3O/c1-12(2)17-15(20)13-10-18(11-13)14-6-8-19(9-7-14)16(3,4)5/h12-14H,6-11H2,1-5H3,(H,17,20). The number of rotatable bonds is 3. The predicted octanol–water partition coefficient (Wildman–Crippen LogP) is 1.71. The number of piperidine rings is 1. The minimum atomic E-state index is 0.220. The van der Waals surface area contributed by atoms with Crippen LogP contribution in [0.15, 0.2) is 0 Å². The molecule has 116 valence electrons. The van der Waals surface area contributed by atoms with Crippen molar-refractivity contribution >= 4 is 5.91 Å². The van der Waals surface area contributed by atoms with Gasteiger partial charge in [-0.2, -0.15) is 0 Å². The van der Waals surface area contributed by atoms with Crippen molar-refractivity contribution in [2.45, 2.75) is 65.1 Å². The number of nitrogens with zero attached hydrogens (tertiary/aromatic N) is 2. The van der Waals surface area contributed by atoms with E-state index in [9.17, 15) is 4.79 Å². The monoisotopic (exact) mass is 281 g/mol. The maximum atomic E-state index is 11.9. The van der Waals surface area contributed by atoms with Crippen LogP contribution in [0.5, 0.6) is 0 Å². The highest BCUT2D eigenvalue weighted by Gasteiger charge is 2.38. The molecule has 0 bridgehead atoms. The van der Waals surface area contributed by atoms with E-state index in [0.717, 1.165) is 13.1 Å². The Bertz CT molecular complexity index is 334. The van der Waals surface area contributed by atoms with E-state index < -0.39 is 0 Å². The maximum Gasteiger partial charge on any atom is 0.225 e. The Morgan fingerprint density at radius 3 is 2.15 bits per heavy atom. The molecule has 1 amide bonds. The van der Waals surface area contributed by atoms with Crippen LogP contribution in [0, 0.1) is 5.92 Å². The molecule has 2 rings (SSSR count). The summed E-state index contributed by atoms with van der Waals surface area (Å²) in [7, 11) is 0. The van der Waals surface area contributed by atoms with Crippen LogP contribution in [0.3, 0.4) is 0 Å². The molecule has 0 aliphatic carbocycles. The van der Waals surface area contributed by atoms with Crippen LogP contribution in [-0.2, 0) is 4.79 Å². The van der Waals surface area contributed by atoms with Gasteiger partial charge in [-0.1, -0.05) is 0 Å². The first-order valence-corrected chi connectivity index (χ1v) is 8.07. The molecule has 2 aliphatic heterocycles. The van der Waals surface area contributed by atoms with Gasteiger partial charge in [0.2, 0.25) is 5.91 Å². The topological polar surface area (TPSA) is 35.6 Å². The van der Waals surface area contributed by atoms with Gasteiger partial charge in [-0.15, -0.1) is 0 Å². The first-order valence-electron chi connectivity index (χ1n) is 8.07. The van der Waals surface area contributed by atoms with E-state index in [1.165, 1.54) is 25.9 Å². The Labute approximate surface area is 123 Å². The Morgan fingerprint density at radius 1 is 1.15 bits per heavy atom. The molecular formula is C16H31N3O.